The summed E-state index contributed by atoms with van der Waals surface area (Å²) < 4.78 is 42.0. The topological polar surface area (TPSA) is 138 Å². The average molecular weight is 617 g/mol. The number of nitrogens with one attached hydrogen (secondary N) is 3. The van der Waals surface area contributed by atoms with Gasteiger partial charge in [0.25, 0.3) is 5.91 Å². The van der Waals surface area contributed by atoms with E-state index in [0.717, 1.165) is 16.7 Å². The highest BCUT2D eigenvalue weighted by atomic mass is 32.1. The number of alkyl halides is 3. The first-order valence-corrected chi connectivity index (χ1v) is 14.5. The summed E-state index contributed by atoms with van der Waals surface area (Å²) >= 11 is 0.804. The molecule has 10 nitrogen and oxygen atoms in total. The second-order valence-electron chi connectivity index (χ2n) is 10.1. The molecule has 3 aromatic heterocycles. The maximum absolute atomic E-state index is 13.4. The number of rotatable bonds is 10. The Morgan fingerprint density at radius 2 is 1.91 bits per heavy atom. The van der Waals surface area contributed by atoms with Crippen LogP contribution < -0.4 is 21.4 Å². The van der Waals surface area contributed by atoms with Crippen molar-refractivity contribution in [2.24, 2.45) is 5.92 Å². The zero-order chi connectivity index (χ0) is 31.3. The standard InChI is InChI=1S/C29H31F3N6O4S/c1-4-33-28(42)37-24-11-19(27-36-23(15-43-27)29(30,31)32)20(12-35-24)17-6-7-18-22(10-17)38(13-16(2)3)14-21(25(18)40)26(41)34-8-5-9-39/h6-7,10-12,14-16,39H,4-5,8-9,13H2,1-3H3,(H,34,41)(H2,33,35,37,42). The lowest BCUT2D eigenvalue weighted by atomic mass is 9.99. The molecule has 0 aliphatic carbocycles. The molecule has 228 valence electrons. The highest BCUT2D eigenvalue weighted by molar-refractivity contribution is 7.13. The lowest BCUT2D eigenvalue weighted by Gasteiger charge is -2.17. The van der Waals surface area contributed by atoms with Crippen LogP contribution in [-0.2, 0) is 12.7 Å². The van der Waals surface area contributed by atoms with Gasteiger partial charge < -0.3 is 20.3 Å². The first-order valence-electron chi connectivity index (χ1n) is 13.6. The van der Waals surface area contributed by atoms with Gasteiger partial charge in [-0.2, -0.15) is 13.2 Å². The number of hydrogen-bond acceptors (Lipinski definition) is 7. The molecular weight excluding hydrogens is 585 g/mol. The van der Waals surface area contributed by atoms with Gasteiger partial charge in [0.2, 0.25) is 5.43 Å². The predicted molar refractivity (Wildman–Crippen MR) is 159 cm³/mol. The molecule has 0 unspecified atom stereocenters. The van der Waals surface area contributed by atoms with Gasteiger partial charge in [-0.05, 0) is 43.0 Å². The van der Waals surface area contributed by atoms with Crippen LogP contribution in [0.5, 0.6) is 0 Å². The summed E-state index contributed by atoms with van der Waals surface area (Å²) in [7, 11) is 0. The molecule has 4 aromatic rings. The van der Waals surface area contributed by atoms with Crippen LogP contribution in [0, 0.1) is 5.92 Å². The molecule has 4 rings (SSSR count). The maximum Gasteiger partial charge on any atom is 0.434 e. The normalized spacial score (nSPS) is 11.6. The molecule has 3 amide bonds. The molecule has 14 heteroatoms. The number of fused-ring (bicyclic) bond motifs is 1. The van der Waals surface area contributed by atoms with Crippen LogP contribution in [0.3, 0.4) is 0 Å². The van der Waals surface area contributed by atoms with E-state index in [2.05, 4.69) is 25.9 Å². The van der Waals surface area contributed by atoms with Gasteiger partial charge in [0.05, 0.1) is 5.52 Å². The van der Waals surface area contributed by atoms with Crippen LogP contribution in [0.1, 0.15) is 43.2 Å². The average Bonchev–Trinajstić information content (AvgIpc) is 3.45. The van der Waals surface area contributed by atoms with Crippen LogP contribution >= 0.6 is 11.3 Å². The molecule has 0 spiro atoms. The fourth-order valence-electron chi connectivity index (χ4n) is 4.42. The largest absolute Gasteiger partial charge is 0.434 e. The van der Waals surface area contributed by atoms with Gasteiger partial charge in [-0.3, -0.25) is 14.9 Å². The van der Waals surface area contributed by atoms with Crippen LogP contribution in [0.4, 0.5) is 23.8 Å². The number of amides is 3. The minimum Gasteiger partial charge on any atom is -0.396 e. The Balaban J connectivity index is 1.88. The highest BCUT2D eigenvalue weighted by Crippen LogP contribution is 2.39. The quantitative estimate of drug-likeness (QED) is 0.183. The van der Waals surface area contributed by atoms with Crippen LogP contribution in [0.25, 0.3) is 32.6 Å². The van der Waals surface area contributed by atoms with E-state index in [1.807, 2.05) is 13.8 Å². The van der Waals surface area contributed by atoms with Crippen molar-refractivity contribution >= 4 is 40.0 Å². The number of pyridine rings is 2. The Morgan fingerprint density at radius 3 is 2.56 bits per heavy atom. The third-order valence-electron chi connectivity index (χ3n) is 6.33. The Hall–Kier alpha value is -4.30. The van der Waals surface area contributed by atoms with Crippen molar-refractivity contribution in [2.75, 3.05) is 25.0 Å². The van der Waals surface area contributed by atoms with Gasteiger partial charge in [0, 0.05) is 60.5 Å². The molecule has 0 aliphatic heterocycles. The third kappa shape index (κ3) is 7.38. The molecule has 4 N–H and O–H groups in total. The van der Waals surface area contributed by atoms with Crippen molar-refractivity contribution in [3.63, 3.8) is 0 Å². The molecule has 0 saturated heterocycles. The molecule has 0 fully saturated rings. The van der Waals surface area contributed by atoms with E-state index in [1.165, 1.54) is 18.5 Å². The van der Waals surface area contributed by atoms with Gasteiger partial charge in [-0.25, -0.2) is 14.8 Å². The summed E-state index contributed by atoms with van der Waals surface area (Å²) in [6.07, 6.45) is -1.36. The number of aliphatic hydroxyl groups is 1. The van der Waals surface area contributed by atoms with Crippen molar-refractivity contribution in [3.8, 4) is 21.7 Å². The second kappa shape index (κ2) is 13.3. The number of aromatic nitrogens is 3. The lowest BCUT2D eigenvalue weighted by Crippen LogP contribution is -2.31. The van der Waals surface area contributed by atoms with Gasteiger partial charge in [0.1, 0.15) is 16.4 Å². The van der Waals surface area contributed by atoms with E-state index in [-0.39, 0.29) is 40.8 Å². The molecule has 0 bridgehead atoms. The number of carbonyl (C=O) groups is 2. The number of aliphatic hydroxyl groups excluding tert-OH is 1. The van der Waals surface area contributed by atoms with Gasteiger partial charge in [0.15, 0.2) is 5.69 Å². The summed E-state index contributed by atoms with van der Waals surface area (Å²) in [5.41, 5.74) is 0.249. The Morgan fingerprint density at radius 1 is 1.14 bits per heavy atom. The minimum absolute atomic E-state index is 0.0376. The number of thiazole rings is 1. The number of benzene rings is 1. The van der Waals surface area contributed by atoms with Crippen molar-refractivity contribution in [3.05, 3.63) is 63.5 Å². The number of anilines is 1. The van der Waals surface area contributed by atoms with Gasteiger partial charge in [-0.15, -0.1) is 11.3 Å². The molecule has 0 atom stereocenters. The van der Waals surface area contributed by atoms with Crippen LogP contribution in [-0.4, -0.2) is 51.3 Å². The fraction of sp³-hybridized carbons (Fsp3) is 0.345. The maximum atomic E-state index is 13.4. The number of nitrogens with zero attached hydrogens (tertiary/aromatic N) is 3. The smallest absolute Gasteiger partial charge is 0.396 e. The summed E-state index contributed by atoms with van der Waals surface area (Å²) in [4.78, 5) is 46.4. The molecular formula is C29H31F3N6O4S. The van der Waals surface area contributed by atoms with Crippen molar-refractivity contribution in [1.82, 2.24) is 25.2 Å². The summed E-state index contributed by atoms with van der Waals surface area (Å²) in [5, 5.41) is 18.1. The number of halogens is 3. The van der Waals surface area contributed by atoms with E-state index in [0.29, 0.717) is 41.7 Å². The van der Waals surface area contributed by atoms with Crippen molar-refractivity contribution in [2.45, 2.75) is 39.9 Å². The van der Waals surface area contributed by atoms with Crippen LogP contribution in [0.15, 0.2) is 46.8 Å². The third-order valence-corrected chi connectivity index (χ3v) is 7.20. The van der Waals surface area contributed by atoms with Gasteiger partial charge >= 0.3 is 12.2 Å². The molecule has 43 heavy (non-hydrogen) atoms. The van der Waals surface area contributed by atoms with Crippen molar-refractivity contribution in [1.29, 1.82) is 0 Å². The number of carbonyl (C=O) groups excluding carboxylic acids is 2. The van der Waals surface area contributed by atoms with Crippen molar-refractivity contribution < 1.29 is 27.9 Å². The zero-order valence-corrected chi connectivity index (χ0v) is 24.5. The van der Waals surface area contributed by atoms with E-state index in [1.54, 1.807) is 29.7 Å². The number of hydrogen-bond donors (Lipinski definition) is 4. The first-order chi connectivity index (χ1) is 20.4. The number of urea groups is 1. The van der Waals surface area contributed by atoms with Gasteiger partial charge in [-0.1, -0.05) is 19.9 Å². The molecule has 0 saturated carbocycles. The Kier molecular flexibility index (Phi) is 9.81. The summed E-state index contributed by atoms with van der Waals surface area (Å²) in [5.74, 6) is -0.289. The zero-order valence-electron chi connectivity index (χ0n) is 23.7. The Bertz CT molecular complexity index is 1700. The summed E-state index contributed by atoms with van der Waals surface area (Å²) in [6, 6.07) is 5.86. The summed E-state index contributed by atoms with van der Waals surface area (Å²) in [6.45, 7) is 6.65. The fourth-order valence-corrected chi connectivity index (χ4v) is 5.28. The predicted octanol–water partition coefficient (Wildman–Crippen LogP) is 5.12. The molecule has 0 radical (unpaired) electrons. The molecule has 0 aliphatic rings. The van der Waals surface area contributed by atoms with Crippen LogP contribution in [0.2, 0.25) is 0 Å². The van der Waals surface area contributed by atoms with E-state index >= 15 is 0 Å². The first kappa shape index (κ1) is 31.6. The SMILES string of the molecule is CCNC(=O)Nc1cc(-c2nc(C(F)(F)F)cs2)c(-c2ccc3c(=O)c(C(=O)NCCCO)cn(CC(C)C)c3c2)cn1. The van der Waals surface area contributed by atoms with E-state index in [4.69, 9.17) is 5.11 Å². The Labute approximate surface area is 249 Å². The highest BCUT2D eigenvalue weighted by Gasteiger charge is 2.34. The second-order valence-corrected chi connectivity index (χ2v) is 11.0. The molecule has 1 aromatic carbocycles. The van der Waals surface area contributed by atoms with E-state index in [9.17, 15) is 27.6 Å². The monoisotopic (exact) mass is 616 g/mol. The van der Waals surface area contributed by atoms with E-state index < -0.39 is 29.2 Å². The minimum atomic E-state index is -4.64. The molecule has 3 heterocycles. The lowest BCUT2D eigenvalue weighted by molar-refractivity contribution is -0.140.